The summed E-state index contributed by atoms with van der Waals surface area (Å²) in [4.78, 5) is 4.46. The van der Waals surface area contributed by atoms with E-state index < -0.39 is 0 Å². The highest BCUT2D eigenvalue weighted by molar-refractivity contribution is 5.57. The lowest BCUT2D eigenvalue weighted by Crippen LogP contribution is -2.29. The normalized spacial score (nSPS) is 20.6. The molecule has 25 heavy (non-hydrogen) atoms. The summed E-state index contributed by atoms with van der Waals surface area (Å²) in [6.45, 7) is 0. The van der Waals surface area contributed by atoms with Crippen LogP contribution in [-0.2, 0) is 0 Å². The number of aliphatic hydroxyl groups excluding tert-OH is 1. The van der Waals surface area contributed by atoms with Gasteiger partial charge in [-0.3, -0.25) is 0 Å². The van der Waals surface area contributed by atoms with Crippen LogP contribution in [0.5, 0.6) is 0 Å². The molecule has 3 aromatic rings. The fraction of sp³-hybridized carbons (Fsp3) is 0.333. The van der Waals surface area contributed by atoms with Crippen molar-refractivity contribution in [1.82, 2.24) is 14.6 Å². The predicted octanol–water partition coefficient (Wildman–Crippen LogP) is 3.33. The van der Waals surface area contributed by atoms with Crippen molar-refractivity contribution in [2.75, 3.05) is 10.6 Å². The summed E-state index contributed by atoms with van der Waals surface area (Å²) in [6.07, 6.45) is 3.34. The molecular weight excluding hydrogens is 321 g/mol. The molecule has 1 aromatic carbocycles. The Morgan fingerprint density at radius 2 is 1.80 bits per heavy atom. The summed E-state index contributed by atoms with van der Waals surface area (Å²) in [7, 11) is 0. The zero-order valence-corrected chi connectivity index (χ0v) is 13.7. The number of halogens is 1. The van der Waals surface area contributed by atoms with Crippen LogP contribution in [0.2, 0.25) is 0 Å². The van der Waals surface area contributed by atoms with Gasteiger partial charge in [-0.25, -0.2) is 4.39 Å². The molecule has 1 aliphatic rings. The first kappa shape index (κ1) is 15.8. The largest absolute Gasteiger partial charge is 0.393 e. The van der Waals surface area contributed by atoms with Crippen LogP contribution in [0.25, 0.3) is 5.65 Å². The molecule has 0 amide bonds. The predicted molar refractivity (Wildman–Crippen MR) is 94.6 cm³/mol. The number of benzene rings is 1. The van der Waals surface area contributed by atoms with Crippen molar-refractivity contribution in [3.8, 4) is 0 Å². The summed E-state index contributed by atoms with van der Waals surface area (Å²) in [5.41, 5.74) is 1.46. The lowest BCUT2D eigenvalue weighted by atomic mass is 9.93. The van der Waals surface area contributed by atoms with Crippen molar-refractivity contribution in [2.45, 2.75) is 37.8 Å². The third-order valence-corrected chi connectivity index (χ3v) is 4.51. The molecule has 0 radical (unpaired) electrons. The van der Waals surface area contributed by atoms with Crippen LogP contribution in [0.3, 0.4) is 0 Å². The van der Waals surface area contributed by atoms with Gasteiger partial charge in [0.1, 0.15) is 11.6 Å². The quantitative estimate of drug-likeness (QED) is 0.679. The number of aromatic nitrogens is 3. The van der Waals surface area contributed by atoms with Crippen LogP contribution in [0, 0.1) is 5.82 Å². The molecule has 1 saturated carbocycles. The minimum Gasteiger partial charge on any atom is -0.393 e. The Bertz CT molecular complexity index is 856. The molecule has 0 aliphatic heterocycles. The van der Waals surface area contributed by atoms with Crippen LogP contribution in [0.4, 0.5) is 21.8 Å². The fourth-order valence-electron chi connectivity index (χ4n) is 3.16. The average Bonchev–Trinajstić information content (AvgIpc) is 3.02. The second-order valence-corrected chi connectivity index (χ2v) is 6.40. The number of pyridine rings is 1. The van der Waals surface area contributed by atoms with E-state index in [1.54, 1.807) is 16.6 Å². The van der Waals surface area contributed by atoms with E-state index in [2.05, 4.69) is 20.7 Å². The van der Waals surface area contributed by atoms with Gasteiger partial charge in [0.25, 0.3) is 0 Å². The van der Waals surface area contributed by atoms with Crippen molar-refractivity contribution in [3.05, 3.63) is 48.3 Å². The van der Waals surface area contributed by atoms with Crippen LogP contribution in [-0.4, -0.2) is 31.9 Å². The second-order valence-electron chi connectivity index (χ2n) is 6.40. The van der Waals surface area contributed by atoms with Crippen molar-refractivity contribution in [1.29, 1.82) is 0 Å². The maximum absolute atomic E-state index is 13.0. The second kappa shape index (κ2) is 6.68. The minimum absolute atomic E-state index is 0.174. The molecule has 0 atom stereocenters. The Kier molecular flexibility index (Phi) is 4.23. The van der Waals surface area contributed by atoms with Gasteiger partial charge in [0, 0.05) is 11.7 Å². The zero-order valence-electron chi connectivity index (χ0n) is 13.7. The molecule has 1 fully saturated rings. The van der Waals surface area contributed by atoms with E-state index in [1.807, 2.05) is 18.2 Å². The van der Waals surface area contributed by atoms with Gasteiger partial charge < -0.3 is 15.7 Å². The van der Waals surface area contributed by atoms with Gasteiger partial charge in [-0.15, -0.1) is 5.10 Å². The fourth-order valence-corrected chi connectivity index (χ4v) is 3.16. The van der Waals surface area contributed by atoms with Gasteiger partial charge in [-0.05, 0) is 62.1 Å². The molecule has 3 N–H and O–H groups in total. The standard InChI is InChI=1S/C18H20FN5O/c19-12-4-6-14(7-5-12)21-18-22-17-3-1-2-16(24(17)23-18)20-13-8-10-15(25)11-9-13/h1-7,13,15,20,25H,8-11H2,(H,21,23). The molecule has 4 rings (SSSR count). The van der Waals surface area contributed by atoms with Crippen molar-refractivity contribution >= 4 is 23.1 Å². The number of hydrogen-bond donors (Lipinski definition) is 3. The summed E-state index contributed by atoms with van der Waals surface area (Å²) in [6, 6.07) is 12.2. The number of anilines is 3. The Labute approximate surface area is 144 Å². The lowest BCUT2D eigenvalue weighted by Gasteiger charge is -2.26. The van der Waals surface area contributed by atoms with E-state index in [4.69, 9.17) is 0 Å². The maximum Gasteiger partial charge on any atom is 0.247 e. The molecule has 1 aliphatic carbocycles. The van der Waals surface area contributed by atoms with Gasteiger partial charge in [0.05, 0.1) is 6.10 Å². The molecule has 0 unspecified atom stereocenters. The summed E-state index contributed by atoms with van der Waals surface area (Å²) < 4.78 is 14.8. The molecule has 0 saturated heterocycles. The van der Waals surface area contributed by atoms with Gasteiger partial charge in [-0.2, -0.15) is 9.50 Å². The van der Waals surface area contributed by atoms with E-state index in [0.29, 0.717) is 12.0 Å². The molecule has 0 spiro atoms. The van der Waals surface area contributed by atoms with Crippen LogP contribution in [0.15, 0.2) is 42.5 Å². The topological polar surface area (TPSA) is 74.5 Å². The lowest BCUT2D eigenvalue weighted by molar-refractivity contribution is 0.126. The number of rotatable bonds is 4. The summed E-state index contributed by atoms with van der Waals surface area (Å²) in [5, 5.41) is 20.7. The highest BCUT2D eigenvalue weighted by Gasteiger charge is 2.20. The average molecular weight is 341 g/mol. The van der Waals surface area contributed by atoms with Crippen molar-refractivity contribution < 1.29 is 9.50 Å². The zero-order chi connectivity index (χ0) is 17.2. The Balaban J connectivity index is 1.54. The number of fused-ring (bicyclic) bond motifs is 1. The van der Waals surface area contributed by atoms with Crippen molar-refractivity contribution in [2.24, 2.45) is 0 Å². The molecule has 2 heterocycles. The Morgan fingerprint density at radius 1 is 1.04 bits per heavy atom. The first-order chi connectivity index (χ1) is 12.2. The van der Waals surface area contributed by atoms with Gasteiger partial charge in [0.15, 0.2) is 5.65 Å². The van der Waals surface area contributed by atoms with Crippen LogP contribution < -0.4 is 10.6 Å². The number of nitrogens with zero attached hydrogens (tertiary/aromatic N) is 3. The minimum atomic E-state index is -0.280. The highest BCUT2D eigenvalue weighted by Crippen LogP contribution is 2.23. The van der Waals surface area contributed by atoms with Crippen LogP contribution in [0.1, 0.15) is 25.7 Å². The Morgan fingerprint density at radius 3 is 2.56 bits per heavy atom. The first-order valence-electron chi connectivity index (χ1n) is 8.50. The number of hydrogen-bond acceptors (Lipinski definition) is 5. The Hall–Kier alpha value is -2.67. The summed E-state index contributed by atoms with van der Waals surface area (Å²) >= 11 is 0. The van der Waals surface area contributed by atoms with E-state index in [-0.39, 0.29) is 11.9 Å². The van der Waals surface area contributed by atoms with E-state index in [1.165, 1.54) is 12.1 Å². The molecule has 7 heteroatoms. The van der Waals surface area contributed by atoms with E-state index >= 15 is 0 Å². The van der Waals surface area contributed by atoms with E-state index in [0.717, 1.165) is 42.8 Å². The maximum atomic E-state index is 13.0. The molecule has 6 nitrogen and oxygen atoms in total. The van der Waals surface area contributed by atoms with Gasteiger partial charge >= 0.3 is 0 Å². The first-order valence-corrected chi connectivity index (χ1v) is 8.50. The van der Waals surface area contributed by atoms with Crippen LogP contribution >= 0.6 is 0 Å². The number of nitrogens with one attached hydrogen (secondary N) is 2. The summed E-state index contributed by atoms with van der Waals surface area (Å²) in [5.74, 6) is 1.05. The number of aliphatic hydroxyl groups is 1. The van der Waals surface area contributed by atoms with E-state index in [9.17, 15) is 9.50 Å². The van der Waals surface area contributed by atoms with Crippen molar-refractivity contribution in [3.63, 3.8) is 0 Å². The SMILES string of the molecule is OC1CCC(Nc2cccc3nc(Nc4ccc(F)cc4)nn23)CC1. The monoisotopic (exact) mass is 341 g/mol. The van der Waals surface area contributed by atoms with Gasteiger partial charge in [-0.1, -0.05) is 6.07 Å². The third-order valence-electron chi connectivity index (χ3n) is 4.51. The molecule has 130 valence electrons. The highest BCUT2D eigenvalue weighted by atomic mass is 19.1. The van der Waals surface area contributed by atoms with Gasteiger partial charge in [0.2, 0.25) is 5.95 Å². The third kappa shape index (κ3) is 3.56. The molecular formula is C18H20FN5O. The molecule has 0 bridgehead atoms. The smallest absolute Gasteiger partial charge is 0.247 e. The molecule has 2 aromatic heterocycles.